The largest absolute Gasteiger partial charge is 0.352 e. The van der Waals surface area contributed by atoms with Gasteiger partial charge in [-0.1, -0.05) is 19.8 Å². The predicted molar refractivity (Wildman–Crippen MR) is 50.8 cm³/mol. The van der Waals surface area contributed by atoms with Crippen molar-refractivity contribution < 1.29 is 4.79 Å². The van der Waals surface area contributed by atoms with Gasteiger partial charge < -0.3 is 11.1 Å². The molecule has 0 spiro atoms. The topological polar surface area (TPSA) is 55.1 Å². The van der Waals surface area contributed by atoms with Crippen LogP contribution in [0.25, 0.3) is 0 Å². The first-order valence-corrected chi connectivity index (χ1v) is 4.70. The third-order valence-corrected chi connectivity index (χ3v) is 1.77. The van der Waals surface area contributed by atoms with Crippen molar-refractivity contribution in [1.82, 2.24) is 5.32 Å². The SMILES string of the molecule is CCCCCC(=O)N[C@H](C)CN. The molecule has 0 aromatic heterocycles. The Morgan fingerprint density at radius 3 is 2.67 bits per heavy atom. The van der Waals surface area contributed by atoms with Crippen molar-refractivity contribution >= 4 is 5.91 Å². The van der Waals surface area contributed by atoms with Crippen LogP contribution in [0.3, 0.4) is 0 Å². The lowest BCUT2D eigenvalue weighted by atomic mass is 10.2. The molecule has 0 fully saturated rings. The fraction of sp³-hybridized carbons (Fsp3) is 0.889. The van der Waals surface area contributed by atoms with E-state index in [9.17, 15) is 4.79 Å². The minimum absolute atomic E-state index is 0.110. The zero-order valence-corrected chi connectivity index (χ0v) is 8.10. The first-order valence-electron chi connectivity index (χ1n) is 4.70. The summed E-state index contributed by atoms with van der Waals surface area (Å²) in [5, 5.41) is 2.82. The molecule has 12 heavy (non-hydrogen) atoms. The summed E-state index contributed by atoms with van der Waals surface area (Å²) in [6.45, 7) is 4.55. The van der Waals surface area contributed by atoms with Gasteiger partial charge in [-0.3, -0.25) is 4.79 Å². The molecule has 3 heteroatoms. The molecule has 72 valence electrons. The highest BCUT2D eigenvalue weighted by molar-refractivity contribution is 5.76. The van der Waals surface area contributed by atoms with Crippen LogP contribution in [0.4, 0.5) is 0 Å². The molecule has 0 unspecified atom stereocenters. The van der Waals surface area contributed by atoms with Crippen LogP contribution in [0.15, 0.2) is 0 Å². The summed E-state index contributed by atoms with van der Waals surface area (Å²) < 4.78 is 0. The molecule has 3 nitrogen and oxygen atoms in total. The van der Waals surface area contributed by atoms with Gasteiger partial charge in [-0.15, -0.1) is 0 Å². The zero-order valence-electron chi connectivity index (χ0n) is 8.10. The van der Waals surface area contributed by atoms with Crippen molar-refractivity contribution in [3.63, 3.8) is 0 Å². The second kappa shape index (κ2) is 7.10. The van der Waals surface area contributed by atoms with E-state index < -0.39 is 0 Å². The van der Waals surface area contributed by atoms with Gasteiger partial charge in [0.15, 0.2) is 0 Å². The lowest BCUT2D eigenvalue weighted by Gasteiger charge is -2.10. The molecule has 0 heterocycles. The standard InChI is InChI=1S/C9H20N2O/c1-3-4-5-6-9(12)11-8(2)7-10/h8H,3-7,10H2,1-2H3,(H,11,12)/t8-/m1/s1. The van der Waals surface area contributed by atoms with Gasteiger partial charge >= 0.3 is 0 Å². The van der Waals surface area contributed by atoms with Crippen LogP contribution in [-0.4, -0.2) is 18.5 Å². The van der Waals surface area contributed by atoms with E-state index in [4.69, 9.17) is 5.73 Å². The molecule has 0 radical (unpaired) electrons. The first kappa shape index (κ1) is 11.4. The second-order valence-corrected chi connectivity index (χ2v) is 3.16. The maximum atomic E-state index is 11.1. The Morgan fingerprint density at radius 2 is 2.17 bits per heavy atom. The smallest absolute Gasteiger partial charge is 0.220 e. The van der Waals surface area contributed by atoms with E-state index in [0.29, 0.717) is 13.0 Å². The minimum Gasteiger partial charge on any atom is -0.352 e. The number of hydrogen-bond acceptors (Lipinski definition) is 2. The minimum atomic E-state index is 0.110. The van der Waals surface area contributed by atoms with E-state index in [1.54, 1.807) is 0 Å². The zero-order chi connectivity index (χ0) is 9.40. The van der Waals surface area contributed by atoms with E-state index >= 15 is 0 Å². The maximum absolute atomic E-state index is 11.1. The van der Waals surface area contributed by atoms with Crippen molar-refractivity contribution in [3.05, 3.63) is 0 Å². The number of carbonyl (C=O) groups is 1. The van der Waals surface area contributed by atoms with Gasteiger partial charge in [0.1, 0.15) is 0 Å². The summed E-state index contributed by atoms with van der Waals surface area (Å²) in [5.41, 5.74) is 5.36. The monoisotopic (exact) mass is 172 g/mol. The molecule has 0 bridgehead atoms. The van der Waals surface area contributed by atoms with Crippen molar-refractivity contribution in [1.29, 1.82) is 0 Å². The number of hydrogen-bond donors (Lipinski definition) is 2. The molecule has 0 aliphatic carbocycles. The van der Waals surface area contributed by atoms with Gasteiger partial charge in [0.25, 0.3) is 0 Å². The van der Waals surface area contributed by atoms with Crippen LogP contribution >= 0.6 is 0 Å². The van der Waals surface area contributed by atoms with Crippen molar-refractivity contribution in [3.8, 4) is 0 Å². The number of unbranched alkanes of at least 4 members (excludes halogenated alkanes) is 2. The van der Waals surface area contributed by atoms with Gasteiger partial charge in [0.05, 0.1) is 0 Å². The Balaban J connectivity index is 3.33. The van der Waals surface area contributed by atoms with E-state index in [-0.39, 0.29) is 11.9 Å². The second-order valence-electron chi connectivity index (χ2n) is 3.16. The molecule has 1 atom stereocenters. The van der Waals surface area contributed by atoms with Gasteiger partial charge in [0.2, 0.25) is 5.91 Å². The lowest BCUT2D eigenvalue weighted by Crippen LogP contribution is -2.37. The molecule has 0 saturated heterocycles. The Morgan fingerprint density at radius 1 is 1.50 bits per heavy atom. The van der Waals surface area contributed by atoms with Crippen molar-refractivity contribution in [2.24, 2.45) is 5.73 Å². The first-order chi connectivity index (χ1) is 5.70. The van der Waals surface area contributed by atoms with Gasteiger partial charge in [-0.2, -0.15) is 0 Å². The highest BCUT2D eigenvalue weighted by Crippen LogP contribution is 1.98. The summed E-state index contributed by atoms with van der Waals surface area (Å²) in [5.74, 6) is 0.126. The molecule has 0 aromatic rings. The molecule has 0 rings (SSSR count). The number of rotatable bonds is 6. The van der Waals surface area contributed by atoms with Gasteiger partial charge in [-0.25, -0.2) is 0 Å². The summed E-state index contributed by atoms with van der Waals surface area (Å²) in [7, 11) is 0. The summed E-state index contributed by atoms with van der Waals surface area (Å²) >= 11 is 0. The van der Waals surface area contributed by atoms with Crippen LogP contribution in [0.2, 0.25) is 0 Å². The van der Waals surface area contributed by atoms with Crippen molar-refractivity contribution in [2.75, 3.05) is 6.54 Å². The third kappa shape index (κ3) is 6.16. The molecule has 3 N–H and O–H groups in total. The van der Waals surface area contributed by atoms with Crippen LogP contribution in [0, 0.1) is 0 Å². The van der Waals surface area contributed by atoms with E-state index in [1.807, 2.05) is 6.92 Å². The molecule has 0 aromatic carbocycles. The average molecular weight is 172 g/mol. The predicted octanol–water partition coefficient (Wildman–Crippen LogP) is 1.03. The normalized spacial score (nSPS) is 12.6. The fourth-order valence-corrected chi connectivity index (χ4v) is 0.941. The number of carbonyl (C=O) groups excluding carboxylic acids is 1. The molecular weight excluding hydrogens is 152 g/mol. The summed E-state index contributed by atoms with van der Waals surface area (Å²) in [6.07, 6.45) is 3.90. The van der Waals surface area contributed by atoms with Crippen LogP contribution < -0.4 is 11.1 Å². The van der Waals surface area contributed by atoms with Crippen molar-refractivity contribution in [2.45, 2.75) is 45.6 Å². The molecule has 0 saturated carbocycles. The van der Waals surface area contributed by atoms with Gasteiger partial charge in [0, 0.05) is 19.0 Å². The lowest BCUT2D eigenvalue weighted by molar-refractivity contribution is -0.121. The quantitative estimate of drug-likeness (QED) is 0.588. The van der Waals surface area contributed by atoms with Crippen LogP contribution in [0.1, 0.15) is 39.5 Å². The molecular formula is C9H20N2O. The molecule has 0 aliphatic rings. The van der Waals surface area contributed by atoms with Crippen LogP contribution in [-0.2, 0) is 4.79 Å². The third-order valence-electron chi connectivity index (χ3n) is 1.77. The highest BCUT2D eigenvalue weighted by Gasteiger charge is 2.03. The Hall–Kier alpha value is -0.570. The van der Waals surface area contributed by atoms with Gasteiger partial charge in [-0.05, 0) is 13.3 Å². The fourth-order valence-electron chi connectivity index (χ4n) is 0.941. The molecule has 0 aliphatic heterocycles. The average Bonchev–Trinajstić information content (AvgIpc) is 2.05. The number of amides is 1. The van der Waals surface area contributed by atoms with E-state index in [1.165, 1.54) is 0 Å². The highest BCUT2D eigenvalue weighted by atomic mass is 16.1. The Kier molecular flexibility index (Phi) is 6.76. The summed E-state index contributed by atoms with van der Waals surface area (Å²) in [6, 6.07) is 0.110. The van der Waals surface area contributed by atoms with E-state index in [0.717, 1.165) is 19.3 Å². The number of nitrogens with one attached hydrogen (secondary N) is 1. The Bertz CT molecular complexity index is 126. The van der Waals surface area contributed by atoms with E-state index in [2.05, 4.69) is 12.2 Å². The molecule has 1 amide bonds. The summed E-state index contributed by atoms with van der Waals surface area (Å²) in [4.78, 5) is 11.1. The maximum Gasteiger partial charge on any atom is 0.220 e. The Labute approximate surface area is 74.7 Å². The van der Waals surface area contributed by atoms with Crippen LogP contribution in [0.5, 0.6) is 0 Å². The number of nitrogens with two attached hydrogens (primary N) is 1.